The van der Waals surface area contributed by atoms with Gasteiger partial charge in [0.2, 0.25) is 0 Å². The molecule has 4 nitrogen and oxygen atoms in total. The van der Waals surface area contributed by atoms with Gasteiger partial charge in [-0.15, -0.1) is 0 Å². The molecule has 0 spiro atoms. The third-order valence-corrected chi connectivity index (χ3v) is 3.73. The average Bonchev–Trinajstić information content (AvgIpc) is 2.58. The quantitative estimate of drug-likeness (QED) is 0.554. The highest BCUT2D eigenvalue weighted by Crippen LogP contribution is 2.34. The number of carbonyl (C=O) groups excluding carboxylic acids is 1. The van der Waals surface area contributed by atoms with Crippen molar-refractivity contribution >= 4 is 27.8 Å². The lowest BCUT2D eigenvalue weighted by atomic mass is 10.1. The highest BCUT2D eigenvalue weighted by Gasteiger charge is 2.18. The molecule has 5 heteroatoms. The van der Waals surface area contributed by atoms with Crippen molar-refractivity contribution in [2.75, 3.05) is 21.3 Å². The number of halogens is 1. The number of carbonyl (C=O) groups is 1. The van der Waals surface area contributed by atoms with Gasteiger partial charge < -0.3 is 14.2 Å². The maximum absolute atomic E-state index is 12.6. The topological polar surface area (TPSA) is 44.8 Å². The maximum atomic E-state index is 12.6. The van der Waals surface area contributed by atoms with Crippen LogP contribution in [0.4, 0.5) is 0 Å². The van der Waals surface area contributed by atoms with E-state index in [2.05, 4.69) is 15.9 Å². The molecule has 0 aliphatic carbocycles. The minimum Gasteiger partial charge on any atom is -0.496 e. The minimum atomic E-state index is -0.207. The lowest BCUT2D eigenvalue weighted by Crippen LogP contribution is -2.03. The summed E-state index contributed by atoms with van der Waals surface area (Å²) in [6.07, 6.45) is 3.24. The zero-order chi connectivity index (χ0) is 16.8. The number of ether oxygens (including phenoxy) is 3. The molecule has 2 aromatic rings. The molecule has 0 fully saturated rings. The van der Waals surface area contributed by atoms with Crippen LogP contribution in [0, 0.1) is 0 Å². The highest BCUT2D eigenvalue weighted by molar-refractivity contribution is 9.10. The molecule has 0 amide bonds. The number of allylic oxidation sites excluding steroid dienone is 1. The summed E-state index contributed by atoms with van der Waals surface area (Å²) in [6.45, 7) is 0. The summed E-state index contributed by atoms with van der Waals surface area (Å²) >= 11 is 3.40. The second-order valence-electron chi connectivity index (χ2n) is 4.66. The van der Waals surface area contributed by atoms with Crippen LogP contribution in [0.3, 0.4) is 0 Å². The van der Waals surface area contributed by atoms with Gasteiger partial charge in [-0.25, -0.2) is 0 Å². The van der Waals surface area contributed by atoms with Crippen molar-refractivity contribution in [1.82, 2.24) is 0 Å². The Morgan fingerprint density at radius 1 is 1.00 bits per heavy atom. The fourth-order valence-electron chi connectivity index (χ4n) is 2.11. The van der Waals surface area contributed by atoms with Crippen LogP contribution < -0.4 is 14.2 Å². The minimum absolute atomic E-state index is 0.207. The molecule has 0 radical (unpaired) electrons. The first kappa shape index (κ1) is 17.1. The Balaban J connectivity index is 2.38. The van der Waals surface area contributed by atoms with Crippen molar-refractivity contribution in [3.8, 4) is 17.2 Å². The van der Waals surface area contributed by atoms with E-state index in [-0.39, 0.29) is 5.78 Å². The molecule has 0 saturated heterocycles. The molecule has 2 aromatic carbocycles. The van der Waals surface area contributed by atoms with E-state index in [1.54, 1.807) is 25.3 Å². The average molecular weight is 377 g/mol. The van der Waals surface area contributed by atoms with Crippen LogP contribution in [0.5, 0.6) is 17.2 Å². The summed E-state index contributed by atoms with van der Waals surface area (Å²) in [7, 11) is 4.55. The van der Waals surface area contributed by atoms with Crippen LogP contribution in [0.1, 0.15) is 15.9 Å². The van der Waals surface area contributed by atoms with Gasteiger partial charge in [0.05, 0.1) is 21.3 Å². The van der Waals surface area contributed by atoms with E-state index >= 15 is 0 Å². The lowest BCUT2D eigenvalue weighted by molar-refractivity contribution is 0.104. The molecule has 2 rings (SSSR count). The van der Waals surface area contributed by atoms with E-state index in [9.17, 15) is 4.79 Å². The first-order valence-electron chi connectivity index (χ1n) is 6.87. The van der Waals surface area contributed by atoms with Crippen LogP contribution in [0.2, 0.25) is 0 Å². The molecule has 0 N–H and O–H groups in total. The predicted molar refractivity (Wildman–Crippen MR) is 93.6 cm³/mol. The largest absolute Gasteiger partial charge is 0.496 e. The van der Waals surface area contributed by atoms with E-state index in [4.69, 9.17) is 14.2 Å². The van der Waals surface area contributed by atoms with E-state index in [0.717, 1.165) is 10.0 Å². The fraction of sp³-hybridized carbons (Fsp3) is 0.167. The summed E-state index contributed by atoms with van der Waals surface area (Å²) in [5.41, 5.74) is 1.28. The normalized spacial score (nSPS) is 10.6. The Bertz CT molecular complexity index is 713. The van der Waals surface area contributed by atoms with Crippen LogP contribution in [0.15, 0.2) is 46.9 Å². The molecular weight excluding hydrogens is 360 g/mol. The summed E-state index contributed by atoms with van der Waals surface area (Å²) in [5.74, 6) is 1.17. The fourth-order valence-corrected chi connectivity index (χ4v) is 2.53. The second-order valence-corrected chi connectivity index (χ2v) is 5.58. The molecule has 120 valence electrons. The molecule has 0 unspecified atom stereocenters. The zero-order valence-electron chi connectivity index (χ0n) is 13.1. The summed E-state index contributed by atoms with van der Waals surface area (Å²) < 4.78 is 16.7. The van der Waals surface area contributed by atoms with Gasteiger partial charge >= 0.3 is 0 Å². The van der Waals surface area contributed by atoms with Crippen molar-refractivity contribution in [1.29, 1.82) is 0 Å². The summed E-state index contributed by atoms with van der Waals surface area (Å²) in [4.78, 5) is 12.6. The Morgan fingerprint density at radius 2 is 1.65 bits per heavy atom. The third kappa shape index (κ3) is 4.13. The van der Waals surface area contributed by atoms with Crippen LogP contribution in [-0.2, 0) is 0 Å². The van der Waals surface area contributed by atoms with Crippen LogP contribution >= 0.6 is 15.9 Å². The monoisotopic (exact) mass is 376 g/mol. The number of ketones is 1. The van der Waals surface area contributed by atoms with Crippen molar-refractivity contribution in [3.63, 3.8) is 0 Å². The number of methoxy groups -OCH3 is 3. The molecule has 0 atom stereocenters. The van der Waals surface area contributed by atoms with E-state index in [0.29, 0.717) is 22.8 Å². The summed E-state index contributed by atoms with van der Waals surface area (Å²) in [5, 5.41) is 0. The first-order valence-corrected chi connectivity index (χ1v) is 7.66. The van der Waals surface area contributed by atoms with Gasteiger partial charge in [-0.05, 0) is 23.8 Å². The SMILES string of the molecule is COc1cc(OC)c(C(=O)/C=C/c2cccc(Br)c2)c(OC)c1. The van der Waals surface area contributed by atoms with Gasteiger partial charge in [0.1, 0.15) is 22.8 Å². The Labute approximate surface area is 143 Å². The summed E-state index contributed by atoms with van der Waals surface area (Å²) in [6, 6.07) is 11.0. The van der Waals surface area contributed by atoms with Gasteiger partial charge in [0, 0.05) is 16.6 Å². The maximum Gasteiger partial charge on any atom is 0.193 e. The standard InChI is InChI=1S/C18H17BrO4/c1-21-14-10-16(22-2)18(17(11-14)23-3)15(20)8-7-12-5-4-6-13(19)9-12/h4-11H,1-3H3/b8-7+. The van der Waals surface area contributed by atoms with Crippen molar-refractivity contribution < 1.29 is 19.0 Å². The van der Waals surface area contributed by atoms with E-state index in [1.807, 2.05) is 24.3 Å². The Kier molecular flexibility index (Phi) is 5.82. The first-order chi connectivity index (χ1) is 11.1. The lowest BCUT2D eigenvalue weighted by Gasteiger charge is -2.13. The number of hydrogen-bond acceptors (Lipinski definition) is 4. The number of benzene rings is 2. The Morgan fingerprint density at radius 3 is 2.17 bits per heavy atom. The smallest absolute Gasteiger partial charge is 0.193 e. The van der Waals surface area contributed by atoms with E-state index in [1.165, 1.54) is 20.3 Å². The van der Waals surface area contributed by atoms with Crippen molar-refractivity contribution in [3.05, 3.63) is 58.1 Å². The molecule has 0 aliphatic heterocycles. The third-order valence-electron chi connectivity index (χ3n) is 3.24. The van der Waals surface area contributed by atoms with Gasteiger partial charge in [-0.3, -0.25) is 4.79 Å². The van der Waals surface area contributed by atoms with Crippen molar-refractivity contribution in [2.24, 2.45) is 0 Å². The van der Waals surface area contributed by atoms with Crippen molar-refractivity contribution in [2.45, 2.75) is 0 Å². The van der Waals surface area contributed by atoms with Gasteiger partial charge in [0.15, 0.2) is 5.78 Å². The molecule has 0 saturated carbocycles. The number of hydrogen-bond donors (Lipinski definition) is 0. The Hall–Kier alpha value is -2.27. The predicted octanol–water partition coefficient (Wildman–Crippen LogP) is 4.37. The molecular formula is C18H17BrO4. The molecule has 0 bridgehead atoms. The van der Waals surface area contributed by atoms with Crippen LogP contribution in [-0.4, -0.2) is 27.1 Å². The molecule has 0 heterocycles. The molecule has 23 heavy (non-hydrogen) atoms. The highest BCUT2D eigenvalue weighted by atomic mass is 79.9. The van der Waals surface area contributed by atoms with Gasteiger partial charge in [-0.2, -0.15) is 0 Å². The van der Waals surface area contributed by atoms with E-state index < -0.39 is 0 Å². The van der Waals surface area contributed by atoms with Gasteiger partial charge in [-0.1, -0.05) is 34.1 Å². The van der Waals surface area contributed by atoms with Crippen LogP contribution in [0.25, 0.3) is 6.08 Å². The second kappa shape index (κ2) is 7.83. The zero-order valence-corrected chi connectivity index (χ0v) is 14.7. The molecule has 0 aromatic heterocycles. The number of rotatable bonds is 6. The van der Waals surface area contributed by atoms with Gasteiger partial charge in [0.25, 0.3) is 0 Å². The molecule has 0 aliphatic rings.